The summed E-state index contributed by atoms with van der Waals surface area (Å²) in [5.41, 5.74) is -0.884. The van der Waals surface area contributed by atoms with E-state index >= 15 is 0 Å². The first kappa shape index (κ1) is 28.0. The highest BCUT2D eigenvalue weighted by molar-refractivity contribution is 5.90. The van der Waals surface area contributed by atoms with Crippen LogP contribution in [0.15, 0.2) is 48.5 Å². The molecule has 0 radical (unpaired) electrons. The number of non-ortho nitro benzene ring substituents is 2. The molecule has 1 aliphatic heterocycles. The minimum atomic E-state index is -5.28. The zero-order chi connectivity index (χ0) is 28.2. The molecule has 0 aromatic heterocycles. The van der Waals surface area contributed by atoms with E-state index in [1.54, 1.807) is 5.32 Å². The Balaban J connectivity index is 1.76. The first-order valence-electron chi connectivity index (χ1n) is 10.7. The number of nitro groups is 2. The second-order valence-corrected chi connectivity index (χ2v) is 7.97. The van der Waals surface area contributed by atoms with E-state index in [2.05, 4.69) is 0 Å². The maximum absolute atomic E-state index is 12.9. The van der Waals surface area contributed by atoms with Gasteiger partial charge in [0, 0.05) is 30.7 Å². The van der Waals surface area contributed by atoms with Gasteiger partial charge in [-0.1, -0.05) is 0 Å². The Morgan fingerprint density at radius 3 is 1.76 bits per heavy atom. The van der Waals surface area contributed by atoms with Gasteiger partial charge in [-0.15, -0.1) is 0 Å². The van der Waals surface area contributed by atoms with E-state index in [4.69, 9.17) is 14.2 Å². The van der Waals surface area contributed by atoms with Gasteiger partial charge < -0.3 is 19.5 Å². The lowest BCUT2D eigenvalue weighted by Crippen LogP contribution is -2.58. The smallest absolute Gasteiger partial charge is 0.454 e. The van der Waals surface area contributed by atoms with Gasteiger partial charge in [0.05, 0.1) is 33.1 Å². The summed E-state index contributed by atoms with van der Waals surface area (Å²) in [5.74, 6) is -4.42. The number of nitrogens with one attached hydrogen (secondary N) is 1. The number of carbonyl (C=O) groups is 3. The number of hydrogen-bond donors (Lipinski definition) is 1. The molecular formula is C22H18F3N3O10. The summed E-state index contributed by atoms with van der Waals surface area (Å²) in [6.45, 7) is 1.30. The molecule has 0 bridgehead atoms. The number of halogens is 3. The number of esters is 2. The lowest BCUT2D eigenvalue weighted by molar-refractivity contribution is -0.385. The maximum Gasteiger partial charge on any atom is 0.471 e. The van der Waals surface area contributed by atoms with Crippen molar-refractivity contribution in [2.24, 2.45) is 0 Å². The Labute approximate surface area is 210 Å². The summed E-state index contributed by atoms with van der Waals surface area (Å²) in [5, 5.41) is 23.3. The van der Waals surface area contributed by atoms with Gasteiger partial charge in [-0.05, 0) is 31.2 Å². The quantitative estimate of drug-likeness (QED) is 0.311. The van der Waals surface area contributed by atoms with Crippen LogP contribution in [0.4, 0.5) is 24.5 Å². The predicted molar refractivity (Wildman–Crippen MR) is 118 cm³/mol. The molecule has 2 aromatic rings. The molecule has 1 amide bonds. The third kappa shape index (κ3) is 6.78. The first-order valence-corrected chi connectivity index (χ1v) is 10.7. The average molecular weight is 541 g/mol. The van der Waals surface area contributed by atoms with Gasteiger partial charge in [-0.2, -0.15) is 13.2 Å². The predicted octanol–water partition coefficient (Wildman–Crippen LogP) is 3.07. The van der Waals surface area contributed by atoms with Crippen LogP contribution in [0.2, 0.25) is 0 Å². The fourth-order valence-corrected chi connectivity index (χ4v) is 3.50. The lowest BCUT2D eigenvalue weighted by atomic mass is 9.98. The molecule has 0 aliphatic carbocycles. The molecule has 1 aliphatic rings. The molecule has 1 N–H and O–H groups in total. The van der Waals surface area contributed by atoms with Crippen molar-refractivity contribution < 1.29 is 51.6 Å². The molecule has 2 aromatic carbocycles. The molecular weight excluding hydrogens is 523 g/mol. The third-order valence-electron chi connectivity index (χ3n) is 5.36. The van der Waals surface area contributed by atoms with E-state index < -0.39 is 64.8 Å². The van der Waals surface area contributed by atoms with Crippen molar-refractivity contribution in [3.63, 3.8) is 0 Å². The van der Waals surface area contributed by atoms with Crippen LogP contribution in [-0.2, 0) is 19.0 Å². The molecule has 38 heavy (non-hydrogen) atoms. The van der Waals surface area contributed by atoms with E-state index in [1.807, 2.05) is 0 Å². The lowest BCUT2D eigenvalue weighted by Gasteiger charge is -2.39. The molecule has 1 heterocycles. The summed E-state index contributed by atoms with van der Waals surface area (Å²) in [6.07, 6.45) is -9.99. The van der Waals surface area contributed by atoms with Gasteiger partial charge in [-0.25, -0.2) is 9.59 Å². The van der Waals surface area contributed by atoms with Crippen LogP contribution in [0.3, 0.4) is 0 Å². The number of nitro benzene ring substituents is 2. The number of hydrogen-bond acceptors (Lipinski definition) is 10. The minimum absolute atomic E-state index is 0.116. The molecule has 202 valence electrons. The Morgan fingerprint density at radius 2 is 1.34 bits per heavy atom. The fourth-order valence-electron chi connectivity index (χ4n) is 3.50. The summed E-state index contributed by atoms with van der Waals surface area (Å²) in [4.78, 5) is 56.8. The van der Waals surface area contributed by atoms with E-state index in [0.29, 0.717) is 0 Å². The van der Waals surface area contributed by atoms with Crippen LogP contribution in [0.1, 0.15) is 34.1 Å². The Hall–Kier alpha value is -4.60. The zero-order valence-electron chi connectivity index (χ0n) is 19.2. The van der Waals surface area contributed by atoms with Gasteiger partial charge >= 0.3 is 24.0 Å². The molecule has 1 fully saturated rings. The van der Waals surface area contributed by atoms with E-state index in [0.717, 1.165) is 48.5 Å². The van der Waals surface area contributed by atoms with Gasteiger partial charge in [0.2, 0.25) is 6.29 Å². The molecule has 13 nitrogen and oxygen atoms in total. The second-order valence-electron chi connectivity index (χ2n) is 7.97. The van der Waals surface area contributed by atoms with Gasteiger partial charge in [-0.3, -0.25) is 25.0 Å². The number of benzene rings is 2. The topological polar surface area (TPSA) is 177 Å². The highest BCUT2D eigenvalue weighted by atomic mass is 19.4. The van der Waals surface area contributed by atoms with E-state index in [1.165, 1.54) is 6.92 Å². The van der Waals surface area contributed by atoms with E-state index in [9.17, 15) is 47.8 Å². The number of ether oxygens (including phenoxy) is 3. The summed E-state index contributed by atoms with van der Waals surface area (Å²) >= 11 is 0. The van der Waals surface area contributed by atoms with Crippen LogP contribution in [-0.4, -0.2) is 58.4 Å². The first-order chi connectivity index (χ1) is 17.8. The SMILES string of the molecule is C[C@@H]1O[C@@H](OC(=O)c2ccc([N+](=O)[O-])cc2)C[C@@H](NC(=O)C(F)(F)F)[C@@H]1OC(=O)c1ccc([N+](=O)[O-])cc1. The normalized spacial score (nSPS) is 21.2. The van der Waals surface area contributed by atoms with Gasteiger partial charge in [0.1, 0.15) is 6.10 Å². The van der Waals surface area contributed by atoms with Crippen LogP contribution in [0.25, 0.3) is 0 Å². The van der Waals surface area contributed by atoms with Crippen molar-refractivity contribution in [3.05, 3.63) is 79.9 Å². The monoisotopic (exact) mass is 541 g/mol. The minimum Gasteiger partial charge on any atom is -0.454 e. The molecule has 4 atom stereocenters. The summed E-state index contributed by atoms with van der Waals surface area (Å²) < 4.78 is 54.7. The largest absolute Gasteiger partial charge is 0.471 e. The summed E-state index contributed by atoms with van der Waals surface area (Å²) in [6, 6.07) is 6.96. The van der Waals surface area contributed by atoms with E-state index in [-0.39, 0.29) is 22.5 Å². The van der Waals surface area contributed by atoms with Crippen molar-refractivity contribution in [1.29, 1.82) is 0 Å². The second kappa shape index (κ2) is 11.2. The van der Waals surface area contributed by atoms with Crippen molar-refractivity contribution >= 4 is 29.2 Å². The van der Waals surface area contributed by atoms with Crippen LogP contribution in [0, 0.1) is 20.2 Å². The molecule has 16 heteroatoms. The number of carbonyl (C=O) groups excluding carboxylic acids is 3. The number of rotatable bonds is 7. The Kier molecular flexibility index (Phi) is 8.25. The standard InChI is InChI=1S/C22H18F3N3O10/c1-11-18(38-20(30)13-4-8-15(9-5-13)28(34)35)16(26-21(31)22(23,24)25)10-17(36-11)37-19(29)12-2-6-14(7-3-12)27(32)33/h2-9,11,16-18H,10H2,1H3,(H,26,31)/t11-,16+,17-,18+/m0/s1. The Morgan fingerprint density at radius 1 is 0.895 bits per heavy atom. The summed E-state index contributed by atoms with van der Waals surface area (Å²) in [7, 11) is 0. The fraction of sp³-hybridized carbons (Fsp3) is 0.318. The Bertz CT molecular complexity index is 1230. The number of nitrogens with zero attached hydrogens (tertiary/aromatic N) is 2. The average Bonchev–Trinajstić information content (AvgIpc) is 2.85. The number of amides is 1. The van der Waals surface area contributed by atoms with Crippen LogP contribution >= 0.6 is 0 Å². The molecule has 3 rings (SSSR count). The third-order valence-corrected chi connectivity index (χ3v) is 5.36. The van der Waals surface area contributed by atoms with Gasteiger partial charge in [0.25, 0.3) is 11.4 Å². The van der Waals surface area contributed by atoms with Crippen molar-refractivity contribution in [2.75, 3.05) is 0 Å². The van der Waals surface area contributed by atoms with Crippen LogP contribution in [0.5, 0.6) is 0 Å². The molecule has 0 unspecified atom stereocenters. The molecule has 0 saturated carbocycles. The highest BCUT2D eigenvalue weighted by Gasteiger charge is 2.46. The highest BCUT2D eigenvalue weighted by Crippen LogP contribution is 2.27. The molecule has 0 spiro atoms. The number of alkyl halides is 3. The van der Waals surface area contributed by atoms with Crippen LogP contribution < -0.4 is 5.32 Å². The maximum atomic E-state index is 12.9. The molecule has 1 saturated heterocycles. The van der Waals surface area contributed by atoms with Crippen molar-refractivity contribution in [2.45, 2.75) is 44.1 Å². The van der Waals surface area contributed by atoms with Crippen molar-refractivity contribution in [3.8, 4) is 0 Å². The van der Waals surface area contributed by atoms with Crippen molar-refractivity contribution in [1.82, 2.24) is 5.32 Å². The zero-order valence-corrected chi connectivity index (χ0v) is 19.2. The van der Waals surface area contributed by atoms with Gasteiger partial charge in [0.15, 0.2) is 0 Å².